The normalized spacial score (nSPS) is 19.2. The molecular weight excluding hydrogens is 439 g/mol. The Bertz CT molecular complexity index is 1110. The van der Waals surface area contributed by atoms with E-state index >= 15 is 0 Å². The van der Waals surface area contributed by atoms with Crippen molar-refractivity contribution in [3.63, 3.8) is 0 Å². The van der Waals surface area contributed by atoms with Crippen molar-refractivity contribution in [1.29, 1.82) is 0 Å². The first kappa shape index (κ1) is 25.9. The van der Waals surface area contributed by atoms with Gasteiger partial charge >= 0.3 is 29.6 Å². The minimum absolute atomic E-state index is 0. The predicted octanol–water partition coefficient (Wildman–Crippen LogP) is -2.47. The molecule has 2 aliphatic heterocycles. The molecule has 166 valence electrons. The standard InChI is InChI=1S/C20H19F2N3O5.Na.H2O/c1-10-4-5-30-15-9-24-8-13(17(26)18(27)16(24)20(29)25(10)15)19(28)23-7-11-2-3-12(21)6-14(11)22;;/h2-3,6,8,10,15,27H,4-5,7,9H2,1H3,(H,23,28);;1H2/q;+1;/t10-,15+;;/m1../s1. The molecule has 1 saturated heterocycles. The summed E-state index contributed by atoms with van der Waals surface area (Å²) in [5, 5.41) is 12.7. The number of rotatable bonds is 3. The van der Waals surface area contributed by atoms with Crippen molar-refractivity contribution < 1.29 is 63.2 Å². The first-order chi connectivity index (χ1) is 14.3. The number of fused-ring (bicyclic) bond motifs is 2. The first-order valence-corrected chi connectivity index (χ1v) is 9.40. The third kappa shape index (κ3) is 4.57. The molecule has 2 aromatic rings. The van der Waals surface area contributed by atoms with Gasteiger partial charge in [-0.15, -0.1) is 0 Å². The van der Waals surface area contributed by atoms with Crippen LogP contribution in [0.25, 0.3) is 0 Å². The van der Waals surface area contributed by atoms with E-state index in [2.05, 4.69) is 5.32 Å². The average molecular weight is 460 g/mol. The summed E-state index contributed by atoms with van der Waals surface area (Å²) in [6, 6.07) is 2.79. The van der Waals surface area contributed by atoms with E-state index < -0.39 is 46.4 Å². The van der Waals surface area contributed by atoms with Gasteiger partial charge in [0.15, 0.2) is 17.7 Å². The van der Waals surface area contributed by atoms with Crippen LogP contribution in [0.1, 0.15) is 39.8 Å². The molecule has 0 spiro atoms. The van der Waals surface area contributed by atoms with Gasteiger partial charge in [-0.25, -0.2) is 8.78 Å². The molecule has 4 N–H and O–H groups in total. The Morgan fingerprint density at radius 2 is 2.03 bits per heavy atom. The second-order valence-corrected chi connectivity index (χ2v) is 7.32. The summed E-state index contributed by atoms with van der Waals surface area (Å²) >= 11 is 0. The third-order valence-corrected chi connectivity index (χ3v) is 5.38. The summed E-state index contributed by atoms with van der Waals surface area (Å²) in [6.45, 7) is 2.18. The number of carbonyl (C=O) groups is 2. The molecule has 0 unspecified atom stereocenters. The predicted molar refractivity (Wildman–Crippen MR) is 103 cm³/mol. The molecule has 1 fully saturated rings. The quantitative estimate of drug-likeness (QED) is 0.490. The van der Waals surface area contributed by atoms with E-state index in [4.69, 9.17) is 4.74 Å². The van der Waals surface area contributed by atoms with E-state index in [1.165, 1.54) is 21.7 Å². The molecule has 12 heteroatoms. The van der Waals surface area contributed by atoms with Crippen molar-refractivity contribution in [3.05, 3.63) is 63.1 Å². The number of halogens is 2. The fraction of sp³-hybridized carbons (Fsp3) is 0.350. The molecule has 0 aliphatic carbocycles. The molecule has 4 rings (SSSR count). The number of ether oxygens (including phenoxy) is 1. The van der Waals surface area contributed by atoms with Crippen LogP contribution in [0.4, 0.5) is 8.78 Å². The van der Waals surface area contributed by atoms with Gasteiger partial charge in [-0.05, 0) is 19.4 Å². The zero-order chi connectivity index (χ0) is 21.6. The molecule has 32 heavy (non-hydrogen) atoms. The Morgan fingerprint density at radius 3 is 2.72 bits per heavy atom. The summed E-state index contributed by atoms with van der Waals surface area (Å²) < 4.78 is 33.7. The number of amides is 2. The molecule has 2 atom stereocenters. The molecule has 0 saturated carbocycles. The van der Waals surface area contributed by atoms with Crippen LogP contribution >= 0.6 is 0 Å². The van der Waals surface area contributed by atoms with Gasteiger partial charge in [0.1, 0.15) is 17.2 Å². The average Bonchev–Trinajstić information content (AvgIpc) is 2.69. The molecule has 9 nitrogen and oxygen atoms in total. The number of carbonyl (C=O) groups excluding carboxylic acids is 2. The SMILES string of the molecule is C[C@@H]1CCO[C@H]2Cn3cc(C(=O)NCc4ccc(F)cc4F)c(=O)c(O)c3C(=O)N12.O.[Na+]. The Kier molecular flexibility index (Phi) is 8.18. The second-order valence-electron chi connectivity index (χ2n) is 7.32. The second kappa shape index (κ2) is 10.1. The van der Waals surface area contributed by atoms with E-state index in [1.807, 2.05) is 6.92 Å². The fourth-order valence-corrected chi connectivity index (χ4v) is 3.76. The number of benzene rings is 1. The number of hydrogen-bond donors (Lipinski definition) is 2. The number of pyridine rings is 1. The van der Waals surface area contributed by atoms with Gasteiger partial charge in [-0.1, -0.05) is 6.07 Å². The van der Waals surface area contributed by atoms with Crippen molar-refractivity contribution in [2.45, 2.75) is 38.7 Å². The molecule has 0 bridgehead atoms. The van der Waals surface area contributed by atoms with Crippen LogP contribution < -0.4 is 40.3 Å². The van der Waals surface area contributed by atoms with Gasteiger partial charge in [0.05, 0.1) is 13.2 Å². The van der Waals surface area contributed by atoms with Crippen LogP contribution in [0, 0.1) is 11.6 Å². The Labute approximate surface area is 203 Å². The number of hydrogen-bond acceptors (Lipinski definition) is 5. The number of nitrogens with zero attached hydrogens (tertiary/aromatic N) is 2. The summed E-state index contributed by atoms with van der Waals surface area (Å²) in [7, 11) is 0. The van der Waals surface area contributed by atoms with Crippen LogP contribution in [0.5, 0.6) is 5.75 Å². The number of nitrogens with one attached hydrogen (secondary N) is 1. The van der Waals surface area contributed by atoms with Crippen LogP contribution in [0.3, 0.4) is 0 Å². The van der Waals surface area contributed by atoms with Crippen LogP contribution in [0.2, 0.25) is 0 Å². The van der Waals surface area contributed by atoms with E-state index in [-0.39, 0.29) is 65.4 Å². The maximum Gasteiger partial charge on any atom is 1.00 e. The Balaban J connectivity index is 0.00000181. The summed E-state index contributed by atoms with van der Waals surface area (Å²) in [5.74, 6) is -3.82. The first-order valence-electron chi connectivity index (χ1n) is 9.40. The molecule has 2 aliphatic rings. The van der Waals surface area contributed by atoms with Crippen LogP contribution in [0.15, 0.2) is 29.2 Å². The van der Waals surface area contributed by atoms with Crippen LogP contribution in [-0.4, -0.2) is 50.7 Å². The largest absolute Gasteiger partial charge is 1.00 e. The summed E-state index contributed by atoms with van der Waals surface area (Å²) in [5.41, 5.74) is -1.57. The van der Waals surface area contributed by atoms with Crippen molar-refractivity contribution in [2.24, 2.45) is 0 Å². The van der Waals surface area contributed by atoms with Gasteiger partial charge in [0.25, 0.3) is 11.8 Å². The van der Waals surface area contributed by atoms with Gasteiger partial charge in [0, 0.05) is 30.4 Å². The Morgan fingerprint density at radius 1 is 1.31 bits per heavy atom. The molecule has 1 aromatic heterocycles. The van der Waals surface area contributed by atoms with Gasteiger partial charge in [-0.2, -0.15) is 0 Å². The van der Waals surface area contributed by atoms with Gasteiger partial charge in [-0.3, -0.25) is 14.4 Å². The molecule has 0 radical (unpaired) electrons. The topological polar surface area (TPSA) is 132 Å². The van der Waals surface area contributed by atoms with Crippen LogP contribution in [-0.2, 0) is 17.8 Å². The monoisotopic (exact) mass is 460 g/mol. The van der Waals surface area contributed by atoms with Gasteiger partial charge in [0.2, 0.25) is 5.43 Å². The van der Waals surface area contributed by atoms with Crippen molar-refractivity contribution in [2.75, 3.05) is 6.61 Å². The fourth-order valence-electron chi connectivity index (χ4n) is 3.76. The van der Waals surface area contributed by atoms with Crippen molar-refractivity contribution in [3.8, 4) is 5.75 Å². The maximum atomic E-state index is 13.8. The summed E-state index contributed by atoms with van der Waals surface area (Å²) in [6.07, 6.45) is 1.25. The van der Waals surface area contributed by atoms with E-state index in [0.717, 1.165) is 6.07 Å². The molecule has 3 heterocycles. The van der Waals surface area contributed by atoms with Crippen molar-refractivity contribution in [1.82, 2.24) is 14.8 Å². The zero-order valence-electron chi connectivity index (χ0n) is 17.5. The smallest absolute Gasteiger partial charge is 0.503 e. The maximum absolute atomic E-state index is 13.8. The minimum atomic E-state index is -1.00. The summed E-state index contributed by atoms with van der Waals surface area (Å²) in [4.78, 5) is 39.4. The van der Waals surface area contributed by atoms with E-state index in [0.29, 0.717) is 19.1 Å². The molecular formula is C20H21F2N3NaO6+. The number of aromatic nitrogens is 1. The van der Waals surface area contributed by atoms with Gasteiger partial charge < -0.3 is 30.1 Å². The van der Waals surface area contributed by atoms with E-state index in [9.17, 15) is 28.3 Å². The number of aromatic hydroxyl groups is 1. The minimum Gasteiger partial charge on any atom is -0.503 e. The molecule has 2 amide bonds. The molecule has 1 aromatic carbocycles. The Hall–Kier alpha value is -2.31. The zero-order valence-corrected chi connectivity index (χ0v) is 19.5. The third-order valence-electron chi connectivity index (χ3n) is 5.38. The van der Waals surface area contributed by atoms with E-state index in [1.54, 1.807) is 0 Å². The van der Waals surface area contributed by atoms with Crippen molar-refractivity contribution >= 4 is 11.8 Å².